The summed E-state index contributed by atoms with van der Waals surface area (Å²) in [5, 5.41) is 4.13. The van der Waals surface area contributed by atoms with Gasteiger partial charge in [-0.3, -0.25) is 0 Å². The maximum absolute atomic E-state index is 5.68. The van der Waals surface area contributed by atoms with Crippen molar-refractivity contribution in [3.63, 3.8) is 0 Å². The zero-order valence-corrected chi connectivity index (χ0v) is 14.5. The quantitative estimate of drug-likeness (QED) is 0.490. The molecule has 0 atom stereocenters. The van der Waals surface area contributed by atoms with E-state index < -0.39 is 0 Å². The lowest BCUT2D eigenvalue weighted by Gasteiger charge is -2.08. The SMILES string of the molecule is ClC(Cl)=CCO/N=C1\CCc2c(OCC=C(Cl)Cl)cccc21. The molecule has 1 aliphatic rings. The van der Waals surface area contributed by atoms with Crippen LogP contribution < -0.4 is 4.74 Å². The molecule has 0 unspecified atom stereocenters. The maximum atomic E-state index is 5.68. The summed E-state index contributed by atoms with van der Waals surface area (Å²) >= 11 is 22.1. The molecule has 0 bridgehead atoms. The van der Waals surface area contributed by atoms with Gasteiger partial charge in [-0.05, 0) is 31.1 Å². The summed E-state index contributed by atoms with van der Waals surface area (Å²) in [6.45, 7) is 0.553. The van der Waals surface area contributed by atoms with E-state index in [4.69, 9.17) is 56.0 Å². The molecule has 0 heterocycles. The standard InChI is InChI=1S/C15H13Cl4NO2/c16-14(17)6-8-21-13-3-1-2-10-11(13)4-5-12(10)20-22-9-7-15(18)19/h1-3,6-7H,4-5,8-9H2/b20-12+. The van der Waals surface area contributed by atoms with E-state index in [1.165, 1.54) is 6.08 Å². The number of halogens is 4. The van der Waals surface area contributed by atoms with Crippen LogP contribution in [0.5, 0.6) is 5.75 Å². The molecule has 0 N–H and O–H groups in total. The topological polar surface area (TPSA) is 30.8 Å². The molecule has 22 heavy (non-hydrogen) atoms. The second-order valence-corrected chi connectivity index (χ2v) is 6.43. The molecule has 118 valence electrons. The van der Waals surface area contributed by atoms with Crippen molar-refractivity contribution in [2.24, 2.45) is 5.16 Å². The Kier molecular flexibility index (Phi) is 6.90. The van der Waals surface area contributed by atoms with Crippen LogP contribution in [-0.2, 0) is 11.3 Å². The first-order chi connectivity index (χ1) is 10.6. The molecule has 7 heteroatoms. The van der Waals surface area contributed by atoms with Crippen molar-refractivity contribution in [3.8, 4) is 5.75 Å². The van der Waals surface area contributed by atoms with Crippen LogP contribution >= 0.6 is 46.4 Å². The van der Waals surface area contributed by atoms with Crippen LogP contribution in [0.25, 0.3) is 0 Å². The number of rotatable bonds is 6. The molecular weight excluding hydrogens is 368 g/mol. The summed E-state index contributed by atoms with van der Waals surface area (Å²) in [5.74, 6) is 0.803. The fourth-order valence-corrected chi connectivity index (χ4v) is 2.36. The normalized spacial score (nSPS) is 14.5. The van der Waals surface area contributed by atoms with Gasteiger partial charge in [-0.25, -0.2) is 0 Å². The van der Waals surface area contributed by atoms with Crippen molar-refractivity contribution in [2.45, 2.75) is 12.8 Å². The number of hydrogen-bond donors (Lipinski definition) is 0. The third-order valence-electron chi connectivity index (χ3n) is 3.02. The molecule has 0 spiro atoms. The van der Waals surface area contributed by atoms with E-state index in [1.54, 1.807) is 6.08 Å². The molecule has 0 radical (unpaired) electrons. The Morgan fingerprint density at radius 1 is 1.05 bits per heavy atom. The Hall–Kier alpha value is -0.870. The van der Waals surface area contributed by atoms with Crippen molar-refractivity contribution in [3.05, 3.63) is 50.5 Å². The third kappa shape index (κ3) is 5.10. The lowest BCUT2D eigenvalue weighted by Crippen LogP contribution is -1.99. The van der Waals surface area contributed by atoms with Gasteiger partial charge < -0.3 is 9.57 Å². The number of benzene rings is 1. The summed E-state index contributed by atoms with van der Waals surface area (Å²) in [4.78, 5) is 5.20. The predicted molar refractivity (Wildman–Crippen MR) is 92.3 cm³/mol. The highest BCUT2D eigenvalue weighted by Crippen LogP contribution is 2.31. The minimum atomic E-state index is 0.161. The van der Waals surface area contributed by atoms with Gasteiger partial charge in [0.2, 0.25) is 0 Å². The van der Waals surface area contributed by atoms with Crippen LogP contribution in [0.15, 0.2) is 44.5 Å². The van der Waals surface area contributed by atoms with Crippen molar-refractivity contribution >= 4 is 52.1 Å². The lowest BCUT2D eigenvalue weighted by atomic mass is 10.1. The van der Waals surface area contributed by atoms with Gasteiger partial charge in [0.25, 0.3) is 0 Å². The Morgan fingerprint density at radius 2 is 1.77 bits per heavy atom. The molecule has 0 aliphatic heterocycles. The smallest absolute Gasteiger partial charge is 0.138 e. The van der Waals surface area contributed by atoms with Crippen LogP contribution in [0.2, 0.25) is 0 Å². The van der Waals surface area contributed by atoms with Gasteiger partial charge in [-0.15, -0.1) is 0 Å². The molecule has 0 saturated carbocycles. The van der Waals surface area contributed by atoms with Gasteiger partial charge in [0, 0.05) is 11.1 Å². The van der Waals surface area contributed by atoms with Crippen molar-refractivity contribution < 1.29 is 9.57 Å². The summed E-state index contributed by atoms with van der Waals surface area (Å²) < 4.78 is 6.03. The highest BCUT2D eigenvalue weighted by molar-refractivity contribution is 6.56. The van der Waals surface area contributed by atoms with Gasteiger partial charge in [0.1, 0.15) is 27.9 Å². The van der Waals surface area contributed by atoms with Crippen molar-refractivity contribution in [2.75, 3.05) is 13.2 Å². The number of nitrogens with zero attached hydrogens (tertiary/aromatic N) is 1. The molecule has 0 saturated heterocycles. The average Bonchev–Trinajstić information content (AvgIpc) is 2.87. The van der Waals surface area contributed by atoms with Crippen LogP contribution in [0, 0.1) is 0 Å². The van der Waals surface area contributed by atoms with Crippen LogP contribution in [0.4, 0.5) is 0 Å². The van der Waals surface area contributed by atoms with E-state index in [1.807, 2.05) is 18.2 Å². The molecule has 3 nitrogen and oxygen atoms in total. The lowest BCUT2D eigenvalue weighted by molar-refractivity contribution is 0.174. The van der Waals surface area contributed by atoms with E-state index in [0.717, 1.165) is 35.4 Å². The minimum Gasteiger partial charge on any atom is -0.489 e. The molecule has 0 amide bonds. The Morgan fingerprint density at radius 3 is 2.50 bits per heavy atom. The Labute approximate surface area is 149 Å². The van der Waals surface area contributed by atoms with E-state index in [9.17, 15) is 0 Å². The summed E-state index contributed by atoms with van der Waals surface area (Å²) in [6, 6.07) is 5.82. The number of hydrogen-bond acceptors (Lipinski definition) is 3. The number of oxime groups is 1. The first-order valence-corrected chi connectivity index (χ1v) is 8.05. The second kappa shape index (κ2) is 8.68. The highest BCUT2D eigenvalue weighted by atomic mass is 35.5. The summed E-state index contributed by atoms with van der Waals surface area (Å²) in [6.07, 6.45) is 4.76. The fourth-order valence-electron chi connectivity index (χ4n) is 2.11. The first-order valence-electron chi connectivity index (χ1n) is 6.54. The molecule has 0 fully saturated rings. The Balaban J connectivity index is 2.07. The van der Waals surface area contributed by atoms with E-state index in [0.29, 0.717) is 6.61 Å². The molecular formula is C15H13Cl4NO2. The van der Waals surface area contributed by atoms with Crippen molar-refractivity contribution in [1.82, 2.24) is 0 Å². The maximum Gasteiger partial charge on any atom is 0.138 e. The monoisotopic (exact) mass is 379 g/mol. The predicted octanol–water partition coefficient (Wildman–Crippen LogP) is 5.37. The van der Waals surface area contributed by atoms with Crippen LogP contribution in [0.3, 0.4) is 0 Å². The average molecular weight is 381 g/mol. The van der Waals surface area contributed by atoms with Gasteiger partial charge in [-0.2, -0.15) is 0 Å². The summed E-state index contributed by atoms with van der Waals surface area (Å²) in [7, 11) is 0. The molecule has 1 aromatic carbocycles. The number of ether oxygens (including phenoxy) is 1. The van der Waals surface area contributed by atoms with Gasteiger partial charge in [-0.1, -0.05) is 63.7 Å². The Bertz CT molecular complexity index is 618. The number of fused-ring (bicyclic) bond motifs is 1. The van der Waals surface area contributed by atoms with Crippen LogP contribution in [-0.4, -0.2) is 18.9 Å². The third-order valence-corrected chi connectivity index (χ3v) is 3.64. The zero-order valence-electron chi connectivity index (χ0n) is 11.5. The van der Waals surface area contributed by atoms with E-state index in [2.05, 4.69) is 5.16 Å². The van der Waals surface area contributed by atoms with E-state index >= 15 is 0 Å². The van der Waals surface area contributed by atoms with Crippen LogP contribution in [0.1, 0.15) is 17.5 Å². The second-order valence-electron chi connectivity index (χ2n) is 4.41. The van der Waals surface area contributed by atoms with Gasteiger partial charge in [0.15, 0.2) is 0 Å². The van der Waals surface area contributed by atoms with Gasteiger partial charge in [0.05, 0.1) is 5.71 Å². The van der Waals surface area contributed by atoms with E-state index in [-0.39, 0.29) is 15.6 Å². The minimum absolute atomic E-state index is 0.161. The molecule has 2 rings (SSSR count). The van der Waals surface area contributed by atoms with Gasteiger partial charge >= 0.3 is 0 Å². The molecule has 1 aromatic rings. The van der Waals surface area contributed by atoms with Crippen molar-refractivity contribution in [1.29, 1.82) is 0 Å². The first kappa shape index (κ1) is 17.5. The molecule has 1 aliphatic carbocycles. The fraction of sp³-hybridized carbons (Fsp3) is 0.267. The molecule has 0 aromatic heterocycles. The zero-order chi connectivity index (χ0) is 15.9. The highest BCUT2D eigenvalue weighted by Gasteiger charge is 2.21. The largest absolute Gasteiger partial charge is 0.489 e. The summed E-state index contributed by atoms with van der Waals surface area (Å²) in [5.41, 5.74) is 3.01.